The van der Waals surface area contributed by atoms with Gasteiger partial charge in [0.25, 0.3) is 0 Å². The third-order valence-electron chi connectivity index (χ3n) is 10.7. The zero-order chi connectivity index (χ0) is 40.4. The van der Waals surface area contributed by atoms with Crippen LogP contribution in [0.4, 0.5) is 11.4 Å². The number of nitrogens with zero attached hydrogens (tertiary/aromatic N) is 3. The van der Waals surface area contributed by atoms with Crippen LogP contribution < -0.4 is 19.9 Å². The van der Waals surface area contributed by atoms with Gasteiger partial charge in [-0.05, 0) is 68.8 Å². The third kappa shape index (κ3) is 8.95. The first-order chi connectivity index (χ1) is 25.9. The lowest BCUT2D eigenvalue weighted by Crippen LogP contribution is -2.63. The third-order valence-corrected chi connectivity index (χ3v) is 11.1. The first kappa shape index (κ1) is 44.5. The maximum Gasteiger partial charge on any atom is 0.209 e. The molecule has 0 spiro atoms. The number of halogens is 2. The van der Waals surface area contributed by atoms with Crippen LogP contribution in [-0.4, -0.2) is 113 Å². The SMILES string of the molecule is CC.CCl.CNCCN(C)C=O.COc1cc2c(c3c(C)c[nH]c13)CCN2C.Cc1c[nH]c2c(O)cc3c(c12)[C@H](CCl)CN3C.O=CC12CC(C=O)(C1)C2. The van der Waals surface area contributed by atoms with Gasteiger partial charge in [0.1, 0.15) is 24.1 Å². The summed E-state index contributed by atoms with van der Waals surface area (Å²) in [5.41, 5.74) is 9.49. The zero-order valence-corrected chi connectivity index (χ0v) is 35.2. The van der Waals surface area contributed by atoms with Gasteiger partial charge < -0.3 is 49.4 Å². The number of aryl methyl sites for hydroxylation is 2. The van der Waals surface area contributed by atoms with Crippen LogP contribution in [0.25, 0.3) is 21.8 Å². The number of aromatic hydroxyl groups is 1. The van der Waals surface area contributed by atoms with Crippen LogP contribution in [0.2, 0.25) is 0 Å². The van der Waals surface area contributed by atoms with Crippen molar-refractivity contribution in [2.45, 2.75) is 59.3 Å². The number of nitrogens with one attached hydrogen (secondary N) is 3. The molecule has 0 unspecified atom stereocenters. The van der Waals surface area contributed by atoms with Crippen LogP contribution >= 0.6 is 23.2 Å². The molecule has 1 amide bonds. The lowest BCUT2D eigenvalue weighted by molar-refractivity contribution is -0.188. The quantitative estimate of drug-likeness (QED) is 0.109. The fourth-order valence-electron chi connectivity index (χ4n) is 8.06. The predicted octanol–water partition coefficient (Wildman–Crippen LogP) is 7.16. The minimum absolute atomic E-state index is 0.0408. The summed E-state index contributed by atoms with van der Waals surface area (Å²) in [6, 6.07) is 3.97. The van der Waals surface area contributed by atoms with Gasteiger partial charge in [-0.15, -0.1) is 23.2 Å². The van der Waals surface area contributed by atoms with Crippen molar-refractivity contribution in [1.82, 2.24) is 20.2 Å². The van der Waals surface area contributed by atoms with Gasteiger partial charge in [0.15, 0.2) is 0 Å². The lowest BCUT2D eigenvalue weighted by atomic mass is 9.36. The predicted molar refractivity (Wildman–Crippen MR) is 225 cm³/mol. The Hall–Kier alpha value is -3.93. The first-order valence-electron chi connectivity index (χ1n) is 18.5. The smallest absolute Gasteiger partial charge is 0.209 e. The van der Waals surface area contributed by atoms with Gasteiger partial charge >= 0.3 is 0 Å². The van der Waals surface area contributed by atoms with Gasteiger partial charge in [0.05, 0.1) is 18.1 Å². The zero-order valence-electron chi connectivity index (χ0n) is 33.7. The molecule has 2 aromatic heterocycles. The van der Waals surface area contributed by atoms with Crippen molar-refractivity contribution in [2.24, 2.45) is 10.8 Å². The molecule has 4 heterocycles. The van der Waals surface area contributed by atoms with Crippen molar-refractivity contribution in [3.05, 3.63) is 46.8 Å². The van der Waals surface area contributed by atoms with Crippen molar-refractivity contribution in [3.63, 3.8) is 0 Å². The number of phenols is 1. The Bertz CT molecular complexity index is 1840. The number of alkyl halides is 2. The second-order valence-electron chi connectivity index (χ2n) is 14.4. The molecule has 0 saturated heterocycles. The number of rotatable bonds is 8. The molecule has 5 aliphatic rings. The number of methoxy groups -OCH3 is 1. The summed E-state index contributed by atoms with van der Waals surface area (Å²) in [6.45, 7) is 11.9. The van der Waals surface area contributed by atoms with Crippen molar-refractivity contribution < 1.29 is 24.2 Å². The highest BCUT2D eigenvalue weighted by Gasteiger charge is 2.68. The number of amides is 1. The second kappa shape index (κ2) is 19.6. The number of likely N-dealkylation sites (N-methyl/N-ethyl adjacent to an activating group) is 4. The fourth-order valence-corrected chi connectivity index (χ4v) is 8.32. The van der Waals surface area contributed by atoms with E-state index in [0.29, 0.717) is 17.5 Å². The number of hydrogen-bond donors (Lipinski definition) is 4. The average molecular weight is 788 g/mol. The number of H-pyrrole nitrogens is 2. The van der Waals surface area contributed by atoms with Gasteiger partial charge in [0.2, 0.25) is 6.41 Å². The molecule has 1 atom stereocenters. The summed E-state index contributed by atoms with van der Waals surface area (Å²) < 4.78 is 5.46. The maximum absolute atomic E-state index is 10.3. The van der Waals surface area contributed by atoms with E-state index in [4.69, 9.17) is 16.3 Å². The topological polar surface area (TPSA) is 134 Å². The Labute approximate surface area is 330 Å². The maximum atomic E-state index is 10.3. The number of aldehydes is 2. The molecule has 2 aliphatic heterocycles. The largest absolute Gasteiger partial charge is 0.506 e. The summed E-state index contributed by atoms with van der Waals surface area (Å²) in [5, 5.41) is 15.4. The molecule has 4 aromatic rings. The van der Waals surface area contributed by atoms with Crippen LogP contribution in [0, 0.1) is 24.7 Å². The van der Waals surface area contributed by atoms with E-state index in [0.717, 1.165) is 104 Å². The lowest BCUT2D eigenvalue weighted by Gasteiger charge is -2.65. The number of carbonyl (C=O) groups is 3. The van der Waals surface area contributed by atoms with E-state index in [1.54, 1.807) is 19.1 Å². The van der Waals surface area contributed by atoms with Gasteiger partial charge in [-0.25, -0.2) is 0 Å². The van der Waals surface area contributed by atoms with Gasteiger partial charge in [-0.1, -0.05) is 13.8 Å². The number of ether oxygens (including phenoxy) is 1. The van der Waals surface area contributed by atoms with Crippen molar-refractivity contribution in [1.29, 1.82) is 0 Å². The van der Waals surface area contributed by atoms with Gasteiger partial charge in [-0.2, -0.15) is 0 Å². The molecular weight excluding hydrogens is 727 g/mol. The summed E-state index contributed by atoms with van der Waals surface area (Å²) in [7, 11) is 9.52. The fraction of sp³-hybridized carbons (Fsp3) is 0.537. The molecule has 54 heavy (non-hydrogen) atoms. The van der Waals surface area contributed by atoms with E-state index < -0.39 is 0 Å². The molecule has 2 bridgehead atoms. The minimum Gasteiger partial charge on any atom is -0.506 e. The van der Waals surface area contributed by atoms with Gasteiger partial charge in [0, 0.05) is 123 Å². The molecule has 3 saturated carbocycles. The Balaban J connectivity index is 0.000000196. The molecule has 13 heteroatoms. The Kier molecular flexibility index (Phi) is 16.1. The van der Waals surface area contributed by atoms with Crippen LogP contribution in [0.5, 0.6) is 11.5 Å². The van der Waals surface area contributed by atoms with E-state index in [1.807, 2.05) is 40.2 Å². The number of aromatic amines is 2. The number of benzene rings is 2. The number of anilines is 2. The molecule has 4 N–H and O–H groups in total. The monoisotopic (exact) mass is 786 g/mol. The number of carbonyl (C=O) groups excluding carboxylic acids is 3. The number of hydrogen-bond acceptors (Lipinski definition) is 8. The normalized spacial score (nSPS) is 20.6. The average Bonchev–Trinajstić information content (AvgIpc) is 3.93. The molecule has 0 radical (unpaired) electrons. The second-order valence-corrected chi connectivity index (χ2v) is 14.7. The van der Waals surface area contributed by atoms with Crippen molar-refractivity contribution in [3.8, 4) is 11.5 Å². The summed E-state index contributed by atoms with van der Waals surface area (Å²) in [4.78, 5) is 43.0. The number of fused-ring (bicyclic) bond motifs is 6. The van der Waals surface area contributed by atoms with Crippen molar-refractivity contribution >= 4 is 75.4 Å². The molecule has 11 nitrogen and oxygen atoms in total. The van der Waals surface area contributed by atoms with E-state index in [1.165, 1.54) is 34.1 Å². The van der Waals surface area contributed by atoms with Crippen LogP contribution in [0.3, 0.4) is 0 Å². The number of phenolic OH excluding ortho intramolecular Hbond substituents is 1. The highest BCUT2D eigenvalue weighted by molar-refractivity contribution is 6.19. The molecule has 3 aliphatic carbocycles. The highest BCUT2D eigenvalue weighted by Crippen LogP contribution is 2.71. The highest BCUT2D eigenvalue weighted by atomic mass is 35.5. The minimum atomic E-state index is -0.0408. The Morgan fingerprint density at radius 2 is 1.54 bits per heavy atom. The molecule has 9 rings (SSSR count). The van der Waals surface area contributed by atoms with E-state index in [9.17, 15) is 19.5 Å². The summed E-state index contributed by atoms with van der Waals surface area (Å²) in [5.74, 6) is 2.21. The standard InChI is InChI=1S/C13H15ClN2O.C13H16N2O.C7H8O2.C5H12N2O.C2H6.CH3Cl/c1-7-5-15-13-10(17)3-9-12(11(7)13)8(4-14)6-16(9)2;1-8-7-14-13-11(16-3)6-10-9(12(8)13)4-5-15(10)2;8-4-6-1-7(2-6,3-6)5-9;1-6-3-4-7(2)5-8;2*1-2/h3,5,8,15,17H,4,6H2,1-2H3;6-7,14H,4-5H2,1-3H3;4-5H,1-3H2;5-6H,3-4H2,1-2H3;1-2H3;1H3/t8-;;;;;/m1...../s1. The van der Waals surface area contributed by atoms with Crippen LogP contribution in [-0.2, 0) is 20.8 Å². The van der Waals surface area contributed by atoms with Crippen LogP contribution in [0.1, 0.15) is 61.3 Å². The van der Waals surface area contributed by atoms with Crippen molar-refractivity contribution in [2.75, 3.05) is 83.5 Å². The summed E-state index contributed by atoms with van der Waals surface area (Å²) >= 11 is 10.7. The van der Waals surface area contributed by atoms with E-state index >= 15 is 0 Å². The van der Waals surface area contributed by atoms with E-state index in [2.05, 4.69) is 69.8 Å². The molecule has 3 fully saturated rings. The van der Waals surface area contributed by atoms with Crippen LogP contribution in [0.15, 0.2) is 24.5 Å². The summed E-state index contributed by atoms with van der Waals surface area (Å²) in [6.07, 6.45) is 11.9. The molecular formula is C41H60Cl2N6O5. The molecule has 2 aromatic carbocycles. The number of aromatic nitrogens is 2. The molecule has 298 valence electrons. The Morgan fingerprint density at radius 3 is 2.06 bits per heavy atom. The first-order valence-corrected chi connectivity index (χ1v) is 19.8. The van der Waals surface area contributed by atoms with E-state index in [-0.39, 0.29) is 10.8 Å². The van der Waals surface area contributed by atoms with Gasteiger partial charge in [-0.3, -0.25) is 4.79 Å². The Morgan fingerprint density at radius 1 is 0.963 bits per heavy atom.